The van der Waals surface area contributed by atoms with Gasteiger partial charge in [0.25, 0.3) is 0 Å². The molecule has 110 valence electrons. The average Bonchev–Trinajstić information content (AvgIpc) is 2.96. The van der Waals surface area contributed by atoms with Gasteiger partial charge in [0, 0.05) is 18.5 Å². The maximum atomic E-state index is 14.1. The Bertz CT molecular complexity index is 639. The van der Waals surface area contributed by atoms with Crippen LogP contribution in [0.1, 0.15) is 24.5 Å². The second-order valence-corrected chi connectivity index (χ2v) is 5.41. The highest BCUT2D eigenvalue weighted by molar-refractivity contribution is 5.67. The zero-order valence-electron chi connectivity index (χ0n) is 12.3. The topological polar surface area (TPSA) is 21.3 Å². The van der Waals surface area contributed by atoms with Gasteiger partial charge in [-0.1, -0.05) is 19.1 Å². The molecule has 3 heteroatoms. The van der Waals surface area contributed by atoms with Crippen LogP contribution in [0.15, 0.2) is 36.4 Å². The van der Waals surface area contributed by atoms with E-state index in [0.717, 1.165) is 49.4 Å². The SMILES string of the molecule is CCCNCc1ccc(F)c(-c2ccc3c(c2)CCO3)c1. The third-order valence-electron chi connectivity index (χ3n) is 3.79. The lowest BCUT2D eigenvalue weighted by Gasteiger charge is -2.09. The Morgan fingerprint density at radius 2 is 2.10 bits per heavy atom. The summed E-state index contributed by atoms with van der Waals surface area (Å²) in [5.41, 5.74) is 3.87. The Hall–Kier alpha value is -1.87. The molecule has 0 radical (unpaired) electrons. The van der Waals surface area contributed by atoms with E-state index in [1.807, 2.05) is 30.3 Å². The number of rotatable bonds is 5. The van der Waals surface area contributed by atoms with Crippen molar-refractivity contribution in [3.8, 4) is 16.9 Å². The molecule has 1 aliphatic heterocycles. The standard InChI is InChI=1S/C18H20FNO/c1-2-8-20-12-13-3-5-17(19)16(10-13)14-4-6-18-15(11-14)7-9-21-18/h3-6,10-11,20H,2,7-9,12H2,1H3. The fourth-order valence-electron chi connectivity index (χ4n) is 2.67. The second kappa shape index (κ2) is 6.27. The molecule has 1 N–H and O–H groups in total. The van der Waals surface area contributed by atoms with Gasteiger partial charge in [-0.25, -0.2) is 4.39 Å². The molecule has 0 fully saturated rings. The number of benzene rings is 2. The molecule has 0 amide bonds. The van der Waals surface area contributed by atoms with Crippen molar-refractivity contribution in [2.75, 3.05) is 13.2 Å². The van der Waals surface area contributed by atoms with Crippen LogP contribution in [0.2, 0.25) is 0 Å². The Labute approximate surface area is 125 Å². The summed E-state index contributed by atoms with van der Waals surface area (Å²) in [5, 5.41) is 3.35. The highest BCUT2D eigenvalue weighted by atomic mass is 19.1. The minimum atomic E-state index is -0.173. The lowest BCUT2D eigenvalue weighted by atomic mass is 9.99. The predicted molar refractivity (Wildman–Crippen MR) is 83.0 cm³/mol. The smallest absolute Gasteiger partial charge is 0.131 e. The zero-order chi connectivity index (χ0) is 14.7. The summed E-state index contributed by atoms with van der Waals surface area (Å²) in [7, 11) is 0. The average molecular weight is 285 g/mol. The summed E-state index contributed by atoms with van der Waals surface area (Å²) in [6.07, 6.45) is 2.00. The molecule has 0 spiro atoms. The van der Waals surface area contributed by atoms with Crippen LogP contribution < -0.4 is 10.1 Å². The number of nitrogens with one attached hydrogen (secondary N) is 1. The van der Waals surface area contributed by atoms with Gasteiger partial charge in [-0.3, -0.25) is 0 Å². The monoisotopic (exact) mass is 285 g/mol. The van der Waals surface area contributed by atoms with Crippen LogP contribution >= 0.6 is 0 Å². The first-order valence-corrected chi connectivity index (χ1v) is 7.53. The molecular weight excluding hydrogens is 265 g/mol. The van der Waals surface area contributed by atoms with E-state index in [4.69, 9.17) is 4.74 Å². The van der Waals surface area contributed by atoms with E-state index >= 15 is 0 Å². The Morgan fingerprint density at radius 1 is 1.19 bits per heavy atom. The van der Waals surface area contributed by atoms with Crippen molar-refractivity contribution in [3.05, 3.63) is 53.3 Å². The highest BCUT2D eigenvalue weighted by Gasteiger charge is 2.14. The number of hydrogen-bond acceptors (Lipinski definition) is 2. The highest BCUT2D eigenvalue weighted by Crippen LogP contribution is 2.32. The minimum absolute atomic E-state index is 0.173. The van der Waals surface area contributed by atoms with Crippen LogP contribution in [0, 0.1) is 5.82 Å². The van der Waals surface area contributed by atoms with Crippen LogP contribution in [-0.4, -0.2) is 13.2 Å². The van der Waals surface area contributed by atoms with Crippen LogP contribution in [0.3, 0.4) is 0 Å². The van der Waals surface area contributed by atoms with Crippen molar-refractivity contribution >= 4 is 0 Å². The summed E-state index contributed by atoms with van der Waals surface area (Å²) >= 11 is 0. The lowest BCUT2D eigenvalue weighted by Crippen LogP contribution is -2.13. The van der Waals surface area contributed by atoms with Crippen molar-refractivity contribution in [2.45, 2.75) is 26.3 Å². The van der Waals surface area contributed by atoms with Gasteiger partial charge < -0.3 is 10.1 Å². The summed E-state index contributed by atoms with van der Waals surface area (Å²) in [6, 6.07) is 11.3. The molecular formula is C18H20FNO. The van der Waals surface area contributed by atoms with Gasteiger partial charge in [0.2, 0.25) is 0 Å². The first kappa shape index (κ1) is 14.1. The molecule has 0 atom stereocenters. The third-order valence-corrected chi connectivity index (χ3v) is 3.79. The minimum Gasteiger partial charge on any atom is -0.493 e. The van der Waals surface area contributed by atoms with E-state index in [2.05, 4.69) is 12.2 Å². The van der Waals surface area contributed by atoms with Gasteiger partial charge in [0.15, 0.2) is 0 Å². The Morgan fingerprint density at radius 3 is 2.95 bits per heavy atom. The van der Waals surface area contributed by atoms with E-state index in [1.165, 1.54) is 5.56 Å². The predicted octanol–water partition coefficient (Wildman–Crippen LogP) is 3.93. The van der Waals surface area contributed by atoms with E-state index in [-0.39, 0.29) is 5.82 Å². The first-order valence-electron chi connectivity index (χ1n) is 7.53. The molecule has 0 saturated heterocycles. The van der Waals surface area contributed by atoms with Crippen LogP contribution in [-0.2, 0) is 13.0 Å². The molecule has 0 aliphatic carbocycles. The molecule has 1 heterocycles. The van der Waals surface area contributed by atoms with E-state index in [9.17, 15) is 4.39 Å². The molecule has 2 aromatic rings. The largest absolute Gasteiger partial charge is 0.493 e. The maximum Gasteiger partial charge on any atom is 0.131 e. The van der Waals surface area contributed by atoms with E-state index in [1.54, 1.807) is 6.07 Å². The third kappa shape index (κ3) is 3.08. The van der Waals surface area contributed by atoms with Crippen LogP contribution in [0.4, 0.5) is 4.39 Å². The fourth-order valence-corrected chi connectivity index (χ4v) is 2.67. The number of hydrogen-bond donors (Lipinski definition) is 1. The number of ether oxygens (including phenoxy) is 1. The molecule has 0 bridgehead atoms. The van der Waals surface area contributed by atoms with Gasteiger partial charge in [0.1, 0.15) is 11.6 Å². The number of halogens is 1. The summed E-state index contributed by atoms with van der Waals surface area (Å²) < 4.78 is 19.6. The molecule has 2 aromatic carbocycles. The van der Waals surface area contributed by atoms with Crippen molar-refractivity contribution in [1.29, 1.82) is 0 Å². The summed E-state index contributed by atoms with van der Waals surface area (Å²) in [5.74, 6) is 0.757. The molecule has 1 aliphatic rings. The molecule has 21 heavy (non-hydrogen) atoms. The number of fused-ring (bicyclic) bond motifs is 1. The van der Waals surface area contributed by atoms with E-state index < -0.39 is 0 Å². The summed E-state index contributed by atoms with van der Waals surface area (Å²) in [6.45, 7) is 4.61. The molecule has 0 saturated carbocycles. The van der Waals surface area contributed by atoms with Crippen molar-refractivity contribution in [1.82, 2.24) is 5.32 Å². The Kier molecular flexibility index (Phi) is 4.20. The van der Waals surface area contributed by atoms with Gasteiger partial charge in [-0.15, -0.1) is 0 Å². The van der Waals surface area contributed by atoms with Gasteiger partial charge >= 0.3 is 0 Å². The van der Waals surface area contributed by atoms with Gasteiger partial charge in [-0.2, -0.15) is 0 Å². The first-order chi connectivity index (χ1) is 10.3. The molecule has 0 unspecified atom stereocenters. The van der Waals surface area contributed by atoms with Crippen molar-refractivity contribution < 1.29 is 9.13 Å². The maximum absolute atomic E-state index is 14.1. The summed E-state index contributed by atoms with van der Waals surface area (Å²) in [4.78, 5) is 0. The van der Waals surface area contributed by atoms with Gasteiger partial charge in [0.05, 0.1) is 6.61 Å². The second-order valence-electron chi connectivity index (χ2n) is 5.41. The Balaban J connectivity index is 1.88. The van der Waals surface area contributed by atoms with E-state index in [0.29, 0.717) is 5.56 Å². The van der Waals surface area contributed by atoms with Gasteiger partial charge in [-0.05, 0) is 53.9 Å². The van der Waals surface area contributed by atoms with Crippen LogP contribution in [0.5, 0.6) is 5.75 Å². The van der Waals surface area contributed by atoms with Crippen molar-refractivity contribution in [2.24, 2.45) is 0 Å². The van der Waals surface area contributed by atoms with Crippen LogP contribution in [0.25, 0.3) is 11.1 Å². The zero-order valence-corrected chi connectivity index (χ0v) is 12.3. The molecule has 2 nitrogen and oxygen atoms in total. The fraction of sp³-hybridized carbons (Fsp3) is 0.333. The molecule has 3 rings (SSSR count). The normalized spacial score (nSPS) is 13.0. The lowest BCUT2D eigenvalue weighted by molar-refractivity contribution is 0.357. The van der Waals surface area contributed by atoms with Crippen molar-refractivity contribution in [3.63, 3.8) is 0 Å². The quantitative estimate of drug-likeness (QED) is 0.841. The molecule has 0 aromatic heterocycles.